The number of benzene rings is 2. The summed E-state index contributed by atoms with van der Waals surface area (Å²) in [6.07, 6.45) is 3.17. The molecule has 0 spiro atoms. The van der Waals surface area contributed by atoms with Gasteiger partial charge in [0, 0.05) is 0 Å². The van der Waals surface area contributed by atoms with Crippen LogP contribution in [0.4, 0.5) is 0 Å². The maximum Gasteiger partial charge on any atom is 0.254 e. The number of nitrogens with zero attached hydrogens (tertiary/aromatic N) is 2. The van der Waals surface area contributed by atoms with Gasteiger partial charge in [-0.05, 0) is 42.5 Å². The maximum atomic E-state index is 12.7. The van der Waals surface area contributed by atoms with Gasteiger partial charge >= 0.3 is 0 Å². The molecule has 1 aromatic heterocycles. The van der Waals surface area contributed by atoms with Gasteiger partial charge in [-0.3, -0.25) is 4.79 Å². The van der Waals surface area contributed by atoms with Gasteiger partial charge in [-0.1, -0.05) is 30.3 Å². The van der Waals surface area contributed by atoms with Crippen LogP contribution in [0.25, 0.3) is 11.0 Å². The molecule has 22 heavy (non-hydrogen) atoms. The van der Waals surface area contributed by atoms with Gasteiger partial charge in [-0.25, -0.2) is 0 Å². The normalized spacial score (nSPS) is 17.2. The Morgan fingerprint density at radius 3 is 3.00 bits per heavy atom. The first-order valence-electron chi connectivity index (χ1n) is 7.43. The summed E-state index contributed by atoms with van der Waals surface area (Å²) in [6.45, 7) is 0. The Balaban J connectivity index is 1.64. The molecule has 0 bridgehead atoms. The van der Waals surface area contributed by atoms with Crippen molar-refractivity contribution in [3.05, 3.63) is 59.2 Å². The highest BCUT2D eigenvalue weighted by Gasteiger charge is 2.23. The van der Waals surface area contributed by atoms with E-state index < -0.39 is 0 Å². The fraction of sp³-hybridized carbons (Fsp3) is 0.235. The molecular formula is C17H15N3OS. The summed E-state index contributed by atoms with van der Waals surface area (Å²) in [5.74, 6) is -0.0694. The van der Waals surface area contributed by atoms with E-state index in [1.165, 1.54) is 11.1 Å². The Kier molecular flexibility index (Phi) is 3.35. The van der Waals surface area contributed by atoms with Crippen LogP contribution >= 0.6 is 11.7 Å². The molecule has 1 N–H and O–H groups in total. The summed E-state index contributed by atoms with van der Waals surface area (Å²) in [5, 5.41) is 3.17. The second-order valence-corrected chi connectivity index (χ2v) is 6.08. The number of carbonyl (C=O) groups is 1. The predicted molar refractivity (Wildman–Crippen MR) is 87.0 cm³/mol. The molecule has 3 aromatic rings. The third kappa shape index (κ3) is 2.27. The van der Waals surface area contributed by atoms with E-state index in [-0.39, 0.29) is 11.9 Å². The van der Waals surface area contributed by atoms with Gasteiger partial charge in [0.2, 0.25) is 0 Å². The zero-order valence-corrected chi connectivity index (χ0v) is 12.8. The first-order valence-corrected chi connectivity index (χ1v) is 8.16. The highest BCUT2D eigenvalue weighted by Crippen LogP contribution is 2.30. The molecule has 0 radical (unpaired) electrons. The van der Waals surface area contributed by atoms with E-state index in [1.54, 1.807) is 0 Å². The smallest absolute Gasteiger partial charge is 0.254 e. The maximum absolute atomic E-state index is 12.7. The summed E-state index contributed by atoms with van der Waals surface area (Å²) in [7, 11) is 0. The average Bonchev–Trinajstić information content (AvgIpc) is 3.03. The molecule has 0 saturated carbocycles. The summed E-state index contributed by atoms with van der Waals surface area (Å²) in [4.78, 5) is 12.7. The molecule has 1 aliphatic carbocycles. The molecular weight excluding hydrogens is 294 g/mol. The number of amides is 1. The molecule has 1 amide bonds. The monoisotopic (exact) mass is 309 g/mol. The lowest BCUT2D eigenvalue weighted by Gasteiger charge is -2.26. The fourth-order valence-electron chi connectivity index (χ4n) is 3.13. The standard InChI is InChI=1S/C17H15N3OS/c21-17(13-8-4-10-15-16(13)20-22-19-15)18-14-9-3-6-11-5-1-2-7-12(11)14/h1-2,4-5,7-8,10,14H,3,6,9H2,(H,18,21)/t14-/m1/s1. The summed E-state index contributed by atoms with van der Waals surface area (Å²) in [6, 6.07) is 14.0. The summed E-state index contributed by atoms with van der Waals surface area (Å²) < 4.78 is 8.44. The Morgan fingerprint density at radius 1 is 1.14 bits per heavy atom. The topological polar surface area (TPSA) is 54.9 Å². The van der Waals surface area contributed by atoms with E-state index >= 15 is 0 Å². The van der Waals surface area contributed by atoms with Crippen molar-refractivity contribution in [1.82, 2.24) is 14.1 Å². The third-order valence-corrected chi connectivity index (χ3v) is 4.75. The number of rotatable bonds is 2. The van der Waals surface area contributed by atoms with Crippen LogP contribution in [0.5, 0.6) is 0 Å². The zero-order chi connectivity index (χ0) is 14.9. The van der Waals surface area contributed by atoms with Gasteiger partial charge < -0.3 is 5.32 Å². The van der Waals surface area contributed by atoms with E-state index in [0.29, 0.717) is 11.1 Å². The minimum Gasteiger partial charge on any atom is -0.345 e. The van der Waals surface area contributed by atoms with Gasteiger partial charge in [0.05, 0.1) is 23.3 Å². The minimum atomic E-state index is -0.0694. The average molecular weight is 309 g/mol. The molecule has 1 aliphatic rings. The summed E-state index contributed by atoms with van der Waals surface area (Å²) in [5.41, 5.74) is 4.66. The van der Waals surface area contributed by atoms with Crippen molar-refractivity contribution in [3.63, 3.8) is 0 Å². The van der Waals surface area contributed by atoms with E-state index in [4.69, 9.17) is 0 Å². The second-order valence-electron chi connectivity index (χ2n) is 5.55. The minimum absolute atomic E-state index is 0.0694. The molecule has 4 nitrogen and oxygen atoms in total. The molecule has 1 heterocycles. The molecule has 2 aromatic carbocycles. The zero-order valence-electron chi connectivity index (χ0n) is 12.0. The second kappa shape index (κ2) is 5.50. The van der Waals surface area contributed by atoms with Gasteiger partial charge in [-0.2, -0.15) is 8.75 Å². The van der Waals surface area contributed by atoms with Crippen molar-refractivity contribution in [2.45, 2.75) is 25.3 Å². The van der Waals surface area contributed by atoms with Crippen LogP contribution < -0.4 is 5.32 Å². The molecule has 1 atom stereocenters. The van der Waals surface area contributed by atoms with Gasteiger partial charge in [-0.15, -0.1) is 0 Å². The molecule has 0 saturated heterocycles. The van der Waals surface area contributed by atoms with E-state index in [0.717, 1.165) is 36.5 Å². The van der Waals surface area contributed by atoms with Crippen LogP contribution in [0.2, 0.25) is 0 Å². The van der Waals surface area contributed by atoms with Gasteiger partial charge in [0.1, 0.15) is 11.0 Å². The molecule has 5 heteroatoms. The first kappa shape index (κ1) is 13.4. The van der Waals surface area contributed by atoms with Crippen molar-refractivity contribution in [3.8, 4) is 0 Å². The van der Waals surface area contributed by atoms with Gasteiger partial charge in [0.25, 0.3) is 5.91 Å². The van der Waals surface area contributed by atoms with Crippen LogP contribution in [0.1, 0.15) is 40.4 Å². The van der Waals surface area contributed by atoms with Crippen LogP contribution in [0, 0.1) is 0 Å². The number of aryl methyl sites for hydroxylation is 1. The Bertz CT molecular complexity index is 843. The Labute approximate surface area is 132 Å². The third-order valence-electron chi connectivity index (χ3n) is 4.21. The molecule has 110 valence electrons. The number of carbonyl (C=O) groups excluding carboxylic acids is 1. The SMILES string of the molecule is O=C(N[C@@H]1CCCc2ccccc21)c1cccc2nsnc12. The lowest BCUT2D eigenvalue weighted by molar-refractivity contribution is 0.0934. The Morgan fingerprint density at radius 2 is 2.05 bits per heavy atom. The van der Waals surface area contributed by atoms with E-state index in [1.807, 2.05) is 24.3 Å². The molecule has 0 aliphatic heterocycles. The molecule has 0 fully saturated rings. The van der Waals surface area contributed by atoms with E-state index in [9.17, 15) is 4.79 Å². The Hall–Kier alpha value is -2.27. The van der Waals surface area contributed by atoms with Crippen LogP contribution in [-0.4, -0.2) is 14.7 Å². The van der Waals surface area contributed by atoms with Crippen LogP contribution in [0.15, 0.2) is 42.5 Å². The highest BCUT2D eigenvalue weighted by molar-refractivity contribution is 7.00. The van der Waals surface area contributed by atoms with Crippen molar-refractivity contribution in [2.24, 2.45) is 0 Å². The fourth-order valence-corrected chi connectivity index (χ4v) is 3.68. The highest BCUT2D eigenvalue weighted by atomic mass is 32.1. The number of fused-ring (bicyclic) bond motifs is 2. The molecule has 0 unspecified atom stereocenters. The lowest BCUT2D eigenvalue weighted by Crippen LogP contribution is -2.31. The van der Waals surface area contributed by atoms with Crippen LogP contribution in [0.3, 0.4) is 0 Å². The van der Waals surface area contributed by atoms with Crippen LogP contribution in [-0.2, 0) is 6.42 Å². The van der Waals surface area contributed by atoms with E-state index in [2.05, 4.69) is 32.3 Å². The largest absolute Gasteiger partial charge is 0.345 e. The number of nitrogens with one attached hydrogen (secondary N) is 1. The quantitative estimate of drug-likeness (QED) is 0.788. The first-order chi connectivity index (χ1) is 10.8. The van der Waals surface area contributed by atoms with Crippen molar-refractivity contribution in [2.75, 3.05) is 0 Å². The predicted octanol–water partition coefficient (Wildman–Crippen LogP) is 3.50. The van der Waals surface area contributed by atoms with Gasteiger partial charge in [0.15, 0.2) is 0 Å². The number of aromatic nitrogens is 2. The van der Waals surface area contributed by atoms with Crippen molar-refractivity contribution >= 4 is 28.7 Å². The number of hydrogen-bond acceptors (Lipinski definition) is 4. The number of hydrogen-bond donors (Lipinski definition) is 1. The lowest BCUT2D eigenvalue weighted by atomic mass is 9.87. The van der Waals surface area contributed by atoms with Crippen molar-refractivity contribution < 1.29 is 4.79 Å². The van der Waals surface area contributed by atoms with Crippen molar-refractivity contribution in [1.29, 1.82) is 0 Å². The molecule has 4 rings (SSSR count). The summed E-state index contributed by atoms with van der Waals surface area (Å²) >= 11 is 1.14.